The van der Waals surface area contributed by atoms with Crippen LogP contribution in [0, 0.1) is 5.92 Å². The number of Topliss-reactive ketones (excluding diaryl/α,β-unsaturated/α-hetero) is 1. The van der Waals surface area contributed by atoms with Crippen molar-refractivity contribution in [3.05, 3.63) is 46.7 Å². The normalized spacial score (nSPS) is 19.5. The number of carbonyl (C=O) groups excluding carboxylic acids is 5. The second kappa shape index (κ2) is 11.7. The highest BCUT2D eigenvalue weighted by atomic mass is 35.5. The highest BCUT2D eigenvalue weighted by molar-refractivity contribution is 6.38. The SMILES string of the molecule is C[C@@H]1C[C@@H](CC(NC(=O)c2cc(Cl)ccc2NC(=O)c2ccn(CC(F)(F)F)n2)C(=O)C(=O)NC2CC2)C(=O)N1. The van der Waals surface area contributed by atoms with Crippen LogP contribution in [0.1, 0.15) is 53.5 Å². The Morgan fingerprint density at radius 2 is 1.90 bits per heavy atom. The van der Waals surface area contributed by atoms with Gasteiger partial charge in [-0.05, 0) is 56.9 Å². The molecule has 0 radical (unpaired) electrons. The van der Waals surface area contributed by atoms with Gasteiger partial charge in [-0.25, -0.2) is 0 Å². The molecule has 11 nitrogen and oxygen atoms in total. The van der Waals surface area contributed by atoms with Gasteiger partial charge in [-0.3, -0.25) is 28.7 Å². The van der Waals surface area contributed by atoms with E-state index >= 15 is 0 Å². The van der Waals surface area contributed by atoms with Gasteiger partial charge in [-0.2, -0.15) is 18.3 Å². The van der Waals surface area contributed by atoms with Crippen LogP contribution < -0.4 is 21.3 Å². The first-order chi connectivity index (χ1) is 18.8. The molecular weight excluding hydrogens is 557 g/mol. The Bertz CT molecular complexity index is 1340. The number of alkyl halides is 3. The van der Waals surface area contributed by atoms with E-state index in [0.29, 0.717) is 11.1 Å². The quantitative estimate of drug-likeness (QED) is 0.315. The molecule has 1 saturated carbocycles. The van der Waals surface area contributed by atoms with Gasteiger partial charge in [0.1, 0.15) is 6.54 Å². The fourth-order valence-electron chi connectivity index (χ4n) is 4.31. The Balaban J connectivity index is 1.52. The van der Waals surface area contributed by atoms with Crippen LogP contribution >= 0.6 is 11.6 Å². The van der Waals surface area contributed by atoms with E-state index in [1.165, 1.54) is 18.2 Å². The van der Waals surface area contributed by atoms with Crippen LogP contribution in [0.25, 0.3) is 0 Å². The lowest BCUT2D eigenvalue weighted by Gasteiger charge is -2.21. The molecule has 1 unspecified atom stereocenters. The Hall–Kier alpha value is -3.94. The third kappa shape index (κ3) is 7.58. The molecule has 2 aromatic rings. The minimum absolute atomic E-state index is 0.0712. The summed E-state index contributed by atoms with van der Waals surface area (Å²) in [6.45, 7) is 0.399. The molecule has 0 spiro atoms. The van der Waals surface area contributed by atoms with E-state index in [4.69, 9.17) is 11.6 Å². The van der Waals surface area contributed by atoms with Crippen LogP contribution in [0.15, 0.2) is 30.5 Å². The Kier molecular flexibility index (Phi) is 8.47. The van der Waals surface area contributed by atoms with E-state index < -0.39 is 48.2 Å². The number of nitrogens with zero attached hydrogens (tertiary/aromatic N) is 2. The molecule has 1 aliphatic heterocycles. The van der Waals surface area contributed by atoms with Crippen molar-refractivity contribution in [1.82, 2.24) is 25.7 Å². The summed E-state index contributed by atoms with van der Waals surface area (Å²) in [4.78, 5) is 63.9. The fraction of sp³-hybridized carbons (Fsp3) is 0.440. The van der Waals surface area contributed by atoms with Gasteiger partial charge in [0.05, 0.1) is 17.3 Å². The molecule has 3 atom stereocenters. The molecule has 1 aromatic heterocycles. The average molecular weight is 583 g/mol. The van der Waals surface area contributed by atoms with E-state index in [1.54, 1.807) is 6.92 Å². The molecule has 2 aliphatic rings. The van der Waals surface area contributed by atoms with Crippen LogP contribution in [0.2, 0.25) is 5.02 Å². The molecule has 15 heteroatoms. The molecule has 40 heavy (non-hydrogen) atoms. The van der Waals surface area contributed by atoms with Crippen molar-refractivity contribution >= 4 is 46.7 Å². The first-order valence-electron chi connectivity index (χ1n) is 12.5. The number of benzene rings is 1. The van der Waals surface area contributed by atoms with Crippen LogP contribution in [0.4, 0.5) is 18.9 Å². The van der Waals surface area contributed by atoms with Crippen molar-refractivity contribution < 1.29 is 37.1 Å². The molecular formula is C25H26ClF3N6O5. The van der Waals surface area contributed by atoms with Gasteiger partial charge in [0, 0.05) is 29.2 Å². The summed E-state index contributed by atoms with van der Waals surface area (Å²) in [5, 5.41) is 13.9. The number of hydrogen-bond acceptors (Lipinski definition) is 6. The van der Waals surface area contributed by atoms with Gasteiger partial charge >= 0.3 is 6.18 Å². The van der Waals surface area contributed by atoms with Gasteiger partial charge in [-0.15, -0.1) is 0 Å². The number of hydrogen-bond donors (Lipinski definition) is 4. The molecule has 4 amide bonds. The predicted octanol–water partition coefficient (Wildman–Crippen LogP) is 2.21. The summed E-state index contributed by atoms with van der Waals surface area (Å²) >= 11 is 6.07. The number of carbonyl (C=O) groups is 5. The molecule has 1 saturated heterocycles. The van der Waals surface area contributed by atoms with Crippen molar-refractivity contribution in [2.75, 3.05) is 5.32 Å². The van der Waals surface area contributed by atoms with Crippen molar-refractivity contribution in [3.63, 3.8) is 0 Å². The highest BCUT2D eigenvalue weighted by Gasteiger charge is 2.38. The molecule has 2 heterocycles. The van der Waals surface area contributed by atoms with Gasteiger partial charge in [0.2, 0.25) is 11.7 Å². The van der Waals surface area contributed by atoms with Crippen LogP contribution in [-0.4, -0.2) is 63.5 Å². The Labute approximate surface area is 231 Å². The van der Waals surface area contributed by atoms with Crippen molar-refractivity contribution in [2.45, 2.75) is 63.5 Å². The van der Waals surface area contributed by atoms with E-state index in [2.05, 4.69) is 26.4 Å². The first kappa shape index (κ1) is 29.1. The highest BCUT2D eigenvalue weighted by Crippen LogP contribution is 2.25. The molecule has 0 bridgehead atoms. The standard InChI is InChI=1S/C25H26ClF3N6O5/c1-12-8-13(21(37)30-12)9-19(20(36)24(40)31-15-3-4-15)33-22(38)16-10-14(26)2-5-17(16)32-23(39)18-6-7-35(34-18)11-25(27,28)29/h2,5-7,10,12-13,15,19H,3-4,8-9,11H2,1H3,(H,30,37)(H,31,40)(H,32,39)(H,33,38)/t12-,13+,19?/m1/s1. The van der Waals surface area contributed by atoms with Gasteiger partial charge in [0.25, 0.3) is 17.7 Å². The van der Waals surface area contributed by atoms with Crippen LogP contribution in [-0.2, 0) is 20.9 Å². The number of halogens is 4. The van der Waals surface area contributed by atoms with Crippen molar-refractivity contribution in [2.24, 2.45) is 5.92 Å². The lowest BCUT2D eigenvalue weighted by Crippen LogP contribution is -2.49. The fourth-order valence-corrected chi connectivity index (χ4v) is 4.48. The summed E-state index contributed by atoms with van der Waals surface area (Å²) < 4.78 is 38.4. The monoisotopic (exact) mass is 582 g/mol. The van der Waals surface area contributed by atoms with E-state index in [-0.39, 0.29) is 46.4 Å². The zero-order valence-electron chi connectivity index (χ0n) is 21.2. The average Bonchev–Trinajstić information content (AvgIpc) is 3.46. The summed E-state index contributed by atoms with van der Waals surface area (Å²) in [7, 11) is 0. The third-order valence-corrected chi connectivity index (χ3v) is 6.60. The Morgan fingerprint density at radius 1 is 1.18 bits per heavy atom. The molecule has 2 fully saturated rings. The van der Waals surface area contributed by atoms with Gasteiger partial charge < -0.3 is 21.3 Å². The first-order valence-corrected chi connectivity index (χ1v) is 12.8. The number of ketones is 1. The minimum Gasteiger partial charge on any atom is -0.353 e. The predicted molar refractivity (Wildman–Crippen MR) is 135 cm³/mol. The molecule has 1 aliphatic carbocycles. The lowest BCUT2D eigenvalue weighted by molar-refractivity contribution is -0.142. The lowest BCUT2D eigenvalue weighted by atomic mass is 9.93. The zero-order valence-corrected chi connectivity index (χ0v) is 21.9. The smallest absolute Gasteiger partial charge is 0.353 e. The summed E-state index contributed by atoms with van der Waals surface area (Å²) in [5.41, 5.74) is -0.588. The number of aromatic nitrogens is 2. The summed E-state index contributed by atoms with van der Waals surface area (Å²) in [5.74, 6) is -4.50. The van der Waals surface area contributed by atoms with Crippen LogP contribution in [0.5, 0.6) is 0 Å². The molecule has 1 aromatic carbocycles. The van der Waals surface area contributed by atoms with E-state index in [1.807, 2.05) is 0 Å². The van der Waals surface area contributed by atoms with Crippen molar-refractivity contribution in [3.8, 4) is 0 Å². The topological polar surface area (TPSA) is 151 Å². The van der Waals surface area contributed by atoms with E-state index in [0.717, 1.165) is 25.1 Å². The number of anilines is 1. The molecule has 214 valence electrons. The zero-order chi connectivity index (χ0) is 29.2. The third-order valence-electron chi connectivity index (χ3n) is 6.36. The summed E-state index contributed by atoms with van der Waals surface area (Å²) in [6.07, 6.45) is -1.81. The Morgan fingerprint density at radius 3 is 2.52 bits per heavy atom. The second-order valence-corrected chi connectivity index (χ2v) is 10.3. The number of nitrogens with one attached hydrogen (secondary N) is 4. The van der Waals surface area contributed by atoms with Gasteiger partial charge in [-0.1, -0.05) is 11.6 Å². The van der Waals surface area contributed by atoms with Crippen molar-refractivity contribution in [1.29, 1.82) is 0 Å². The maximum atomic E-state index is 13.3. The van der Waals surface area contributed by atoms with E-state index in [9.17, 15) is 37.1 Å². The largest absolute Gasteiger partial charge is 0.408 e. The maximum Gasteiger partial charge on any atom is 0.408 e. The molecule has 4 rings (SSSR count). The second-order valence-electron chi connectivity index (χ2n) is 9.87. The minimum atomic E-state index is -4.54. The number of amides is 4. The number of rotatable bonds is 10. The maximum absolute atomic E-state index is 13.3. The van der Waals surface area contributed by atoms with Gasteiger partial charge in [0.15, 0.2) is 5.69 Å². The summed E-state index contributed by atoms with van der Waals surface area (Å²) in [6, 6.07) is 3.35. The van der Waals surface area contributed by atoms with Crippen LogP contribution in [0.3, 0.4) is 0 Å². The molecule has 4 N–H and O–H groups in total.